The second kappa shape index (κ2) is 6.75. The van der Waals surface area contributed by atoms with Crippen LogP contribution >= 0.6 is 0 Å². The topological polar surface area (TPSA) is 65.0 Å². The smallest absolute Gasteiger partial charge is 0.311 e. The minimum atomic E-state index is -0.400. The van der Waals surface area contributed by atoms with E-state index in [4.69, 9.17) is 19.3 Å². The molecule has 0 aliphatic heterocycles. The molecule has 17 heavy (non-hydrogen) atoms. The lowest BCUT2D eigenvalue weighted by Gasteiger charge is -2.10. The maximum absolute atomic E-state index is 11.4. The quantitative estimate of drug-likeness (QED) is 0.601. The van der Waals surface area contributed by atoms with E-state index in [1.165, 1.54) is 7.11 Å². The Morgan fingerprint density at radius 3 is 2.59 bits per heavy atom. The molecule has 0 bridgehead atoms. The first-order valence-electron chi connectivity index (χ1n) is 5.24. The Labute approximate surface area is 99.9 Å². The SMILES string of the molecule is COc1ccc(OC(=O)CCCO)c(OC)c1. The van der Waals surface area contributed by atoms with E-state index in [2.05, 4.69) is 0 Å². The van der Waals surface area contributed by atoms with Gasteiger partial charge >= 0.3 is 5.97 Å². The second-order valence-electron chi connectivity index (χ2n) is 3.32. The summed E-state index contributed by atoms with van der Waals surface area (Å²) in [5, 5.41) is 8.60. The Morgan fingerprint density at radius 1 is 1.24 bits per heavy atom. The Balaban J connectivity index is 2.73. The van der Waals surface area contributed by atoms with Gasteiger partial charge in [0.05, 0.1) is 14.2 Å². The molecule has 1 aromatic rings. The summed E-state index contributed by atoms with van der Waals surface area (Å²) in [6.45, 7) is -0.0329. The number of benzene rings is 1. The first-order chi connectivity index (χ1) is 8.21. The van der Waals surface area contributed by atoms with E-state index in [1.54, 1.807) is 25.3 Å². The highest BCUT2D eigenvalue weighted by atomic mass is 16.6. The molecule has 5 heteroatoms. The van der Waals surface area contributed by atoms with Gasteiger partial charge in [0, 0.05) is 19.1 Å². The van der Waals surface area contributed by atoms with Crippen molar-refractivity contribution in [3.63, 3.8) is 0 Å². The van der Waals surface area contributed by atoms with Gasteiger partial charge in [0.1, 0.15) is 5.75 Å². The van der Waals surface area contributed by atoms with Crippen LogP contribution in [0.2, 0.25) is 0 Å². The number of carbonyl (C=O) groups is 1. The van der Waals surface area contributed by atoms with Gasteiger partial charge in [-0.2, -0.15) is 0 Å². The molecule has 0 fully saturated rings. The van der Waals surface area contributed by atoms with E-state index in [-0.39, 0.29) is 13.0 Å². The zero-order valence-electron chi connectivity index (χ0n) is 9.93. The number of rotatable bonds is 6. The molecule has 0 saturated carbocycles. The van der Waals surface area contributed by atoms with Crippen molar-refractivity contribution in [3.8, 4) is 17.2 Å². The fourth-order valence-corrected chi connectivity index (χ4v) is 1.26. The van der Waals surface area contributed by atoms with E-state index in [1.807, 2.05) is 0 Å². The van der Waals surface area contributed by atoms with E-state index in [9.17, 15) is 4.79 Å². The van der Waals surface area contributed by atoms with Gasteiger partial charge < -0.3 is 19.3 Å². The molecule has 1 rings (SSSR count). The lowest BCUT2D eigenvalue weighted by Crippen LogP contribution is -2.09. The van der Waals surface area contributed by atoms with Gasteiger partial charge in [-0.15, -0.1) is 0 Å². The number of hydrogen-bond acceptors (Lipinski definition) is 5. The molecule has 0 aromatic heterocycles. The summed E-state index contributed by atoms with van der Waals surface area (Å²) in [6, 6.07) is 4.92. The summed E-state index contributed by atoms with van der Waals surface area (Å²) in [5.74, 6) is 0.998. The van der Waals surface area contributed by atoms with Gasteiger partial charge in [0.25, 0.3) is 0 Å². The van der Waals surface area contributed by atoms with Crippen molar-refractivity contribution in [2.75, 3.05) is 20.8 Å². The molecule has 1 N–H and O–H groups in total. The molecule has 0 radical (unpaired) electrons. The van der Waals surface area contributed by atoms with Gasteiger partial charge in [0.2, 0.25) is 0 Å². The van der Waals surface area contributed by atoms with E-state index < -0.39 is 5.97 Å². The number of aliphatic hydroxyl groups is 1. The number of ether oxygens (including phenoxy) is 3. The molecule has 1 aromatic carbocycles. The molecular weight excluding hydrogens is 224 g/mol. The second-order valence-corrected chi connectivity index (χ2v) is 3.32. The third kappa shape index (κ3) is 3.96. The molecule has 0 saturated heterocycles. The Morgan fingerprint density at radius 2 is 2.00 bits per heavy atom. The Bertz CT molecular complexity index is 375. The molecule has 0 aliphatic carbocycles. The molecule has 0 atom stereocenters. The van der Waals surface area contributed by atoms with Crippen molar-refractivity contribution in [2.45, 2.75) is 12.8 Å². The van der Waals surface area contributed by atoms with Crippen LogP contribution in [0.4, 0.5) is 0 Å². The van der Waals surface area contributed by atoms with Crippen LogP contribution in [-0.2, 0) is 4.79 Å². The highest BCUT2D eigenvalue weighted by Crippen LogP contribution is 2.31. The number of esters is 1. The fourth-order valence-electron chi connectivity index (χ4n) is 1.26. The van der Waals surface area contributed by atoms with Crippen molar-refractivity contribution < 1.29 is 24.1 Å². The Kier molecular flexibility index (Phi) is 5.29. The number of methoxy groups -OCH3 is 2. The van der Waals surface area contributed by atoms with Crippen LogP contribution < -0.4 is 14.2 Å². The van der Waals surface area contributed by atoms with E-state index in [0.717, 1.165) is 0 Å². The fraction of sp³-hybridized carbons (Fsp3) is 0.417. The molecule has 0 amide bonds. The molecule has 0 unspecified atom stereocenters. The van der Waals surface area contributed by atoms with Crippen LogP contribution in [0, 0.1) is 0 Å². The Hall–Kier alpha value is -1.75. The number of hydrogen-bond donors (Lipinski definition) is 1. The van der Waals surface area contributed by atoms with Crippen LogP contribution in [0.15, 0.2) is 18.2 Å². The van der Waals surface area contributed by atoms with Gasteiger partial charge in [-0.25, -0.2) is 0 Å². The molecule has 0 aliphatic rings. The lowest BCUT2D eigenvalue weighted by atomic mass is 10.3. The van der Waals surface area contributed by atoms with Crippen molar-refractivity contribution >= 4 is 5.97 Å². The monoisotopic (exact) mass is 240 g/mol. The van der Waals surface area contributed by atoms with E-state index in [0.29, 0.717) is 23.7 Å². The molecular formula is C12H16O5. The summed E-state index contributed by atoms with van der Waals surface area (Å²) < 4.78 is 15.2. The average molecular weight is 240 g/mol. The first-order valence-corrected chi connectivity index (χ1v) is 5.24. The highest BCUT2D eigenvalue weighted by Gasteiger charge is 2.10. The molecule has 0 heterocycles. The van der Waals surface area contributed by atoms with Crippen LogP contribution in [0.5, 0.6) is 17.2 Å². The zero-order valence-corrected chi connectivity index (χ0v) is 9.93. The van der Waals surface area contributed by atoms with Crippen molar-refractivity contribution in [1.29, 1.82) is 0 Å². The molecule has 5 nitrogen and oxygen atoms in total. The van der Waals surface area contributed by atoms with Crippen molar-refractivity contribution in [3.05, 3.63) is 18.2 Å². The highest BCUT2D eigenvalue weighted by molar-refractivity contribution is 5.73. The summed E-state index contributed by atoms with van der Waals surface area (Å²) in [4.78, 5) is 11.4. The van der Waals surface area contributed by atoms with Gasteiger partial charge in [0.15, 0.2) is 11.5 Å². The normalized spacial score (nSPS) is 9.82. The minimum Gasteiger partial charge on any atom is -0.497 e. The molecule has 94 valence electrons. The van der Waals surface area contributed by atoms with Gasteiger partial charge in [-0.1, -0.05) is 0 Å². The zero-order chi connectivity index (χ0) is 12.7. The van der Waals surface area contributed by atoms with Crippen molar-refractivity contribution in [2.24, 2.45) is 0 Å². The van der Waals surface area contributed by atoms with Crippen LogP contribution in [0.3, 0.4) is 0 Å². The third-order valence-electron chi connectivity index (χ3n) is 2.13. The minimum absolute atomic E-state index is 0.0329. The lowest BCUT2D eigenvalue weighted by molar-refractivity contribution is -0.134. The largest absolute Gasteiger partial charge is 0.497 e. The van der Waals surface area contributed by atoms with Gasteiger partial charge in [-0.3, -0.25) is 4.79 Å². The predicted molar refractivity (Wildman–Crippen MR) is 61.5 cm³/mol. The van der Waals surface area contributed by atoms with Gasteiger partial charge in [-0.05, 0) is 18.6 Å². The number of carbonyl (C=O) groups excluding carboxylic acids is 1. The number of aliphatic hydroxyl groups excluding tert-OH is 1. The average Bonchev–Trinajstić information content (AvgIpc) is 2.36. The predicted octanol–water partition coefficient (Wildman–Crippen LogP) is 1.38. The van der Waals surface area contributed by atoms with Crippen molar-refractivity contribution in [1.82, 2.24) is 0 Å². The maximum Gasteiger partial charge on any atom is 0.311 e. The van der Waals surface area contributed by atoms with Crippen LogP contribution in [0.1, 0.15) is 12.8 Å². The van der Waals surface area contributed by atoms with Crippen LogP contribution in [0.25, 0.3) is 0 Å². The first kappa shape index (κ1) is 13.3. The third-order valence-corrected chi connectivity index (χ3v) is 2.13. The standard InChI is InChI=1S/C12H16O5/c1-15-9-5-6-10(11(8-9)16-2)17-12(14)4-3-7-13/h5-6,8,13H,3-4,7H2,1-2H3. The van der Waals surface area contributed by atoms with Crippen LogP contribution in [-0.4, -0.2) is 31.9 Å². The maximum atomic E-state index is 11.4. The molecule has 0 spiro atoms. The summed E-state index contributed by atoms with van der Waals surface area (Å²) >= 11 is 0. The summed E-state index contributed by atoms with van der Waals surface area (Å²) in [6.07, 6.45) is 0.559. The summed E-state index contributed by atoms with van der Waals surface area (Å²) in [5.41, 5.74) is 0. The summed E-state index contributed by atoms with van der Waals surface area (Å²) in [7, 11) is 3.03. The van der Waals surface area contributed by atoms with E-state index >= 15 is 0 Å².